The maximum atomic E-state index is 8.89. The lowest BCUT2D eigenvalue weighted by Crippen LogP contribution is -1.91. The summed E-state index contributed by atoms with van der Waals surface area (Å²) in [6.45, 7) is 0. The minimum absolute atomic E-state index is 0.528. The molecule has 9 aromatic rings. The van der Waals surface area contributed by atoms with Crippen LogP contribution >= 0.6 is 11.3 Å². The van der Waals surface area contributed by atoms with Crippen LogP contribution < -0.4 is 0 Å². The Balaban J connectivity index is 1.28. The van der Waals surface area contributed by atoms with E-state index < -0.39 is 0 Å². The molecule has 0 fully saturated rings. The molecule has 0 atom stereocenters. The SMILES string of the molecule is [2H]c1ccc2cc(-c3c4ccccc4c(-c4cccc(-c5cc([2H])c6sc7ccccc7c6c5)c4)c4ccccc34)ccc2c1. The molecule has 0 bridgehead atoms. The molecule has 0 saturated heterocycles. The molecular formula is C42H26S. The molecule has 0 nitrogen and oxygen atoms in total. The number of thiophene rings is 1. The lowest BCUT2D eigenvalue weighted by Gasteiger charge is -2.18. The molecule has 8 aromatic carbocycles. The van der Waals surface area contributed by atoms with Crippen molar-refractivity contribution in [1.82, 2.24) is 0 Å². The van der Waals surface area contributed by atoms with E-state index in [-0.39, 0.29) is 0 Å². The van der Waals surface area contributed by atoms with Crippen LogP contribution in [0, 0.1) is 0 Å². The monoisotopic (exact) mass is 564 g/mol. The fourth-order valence-corrected chi connectivity index (χ4v) is 7.76. The standard InChI is InChI=1S/C42H26S/c1-2-11-28-24-32(21-20-27(28)10-1)42-36-17-5-3-15-34(36)41(35-16-4-6-18-37(35)42)31-13-9-12-29(25-31)30-22-23-40-38(26-30)33-14-7-8-19-39(33)43-40/h1-26H/i1D,23D. The van der Waals surface area contributed by atoms with Crippen LogP contribution in [0.15, 0.2) is 158 Å². The zero-order chi connectivity index (χ0) is 30.1. The van der Waals surface area contributed by atoms with Crippen LogP contribution in [0.5, 0.6) is 0 Å². The summed E-state index contributed by atoms with van der Waals surface area (Å²) >= 11 is 1.70. The van der Waals surface area contributed by atoms with E-state index in [1.54, 1.807) is 11.3 Å². The molecular weight excluding hydrogens is 537 g/mol. The summed E-state index contributed by atoms with van der Waals surface area (Å²) in [5, 5.41) is 9.44. The van der Waals surface area contributed by atoms with Crippen LogP contribution in [0.1, 0.15) is 2.74 Å². The van der Waals surface area contributed by atoms with E-state index in [9.17, 15) is 0 Å². The molecule has 1 aromatic heterocycles. The molecule has 200 valence electrons. The van der Waals surface area contributed by atoms with Crippen molar-refractivity contribution >= 4 is 63.8 Å². The summed E-state index contributed by atoms with van der Waals surface area (Å²) < 4.78 is 19.2. The smallest absolute Gasteiger partial charge is 0.0638 e. The Hall–Kier alpha value is -5.24. The van der Waals surface area contributed by atoms with Gasteiger partial charge in [0.25, 0.3) is 0 Å². The van der Waals surface area contributed by atoms with Gasteiger partial charge in [-0.25, -0.2) is 0 Å². The first-order valence-corrected chi connectivity index (χ1v) is 15.4. The minimum Gasteiger partial charge on any atom is -0.135 e. The van der Waals surface area contributed by atoms with Crippen LogP contribution in [0.4, 0.5) is 0 Å². The summed E-state index contributed by atoms with van der Waals surface area (Å²) in [4.78, 5) is 0. The predicted octanol–water partition coefficient (Wildman–Crippen LogP) is 12.5. The third kappa shape index (κ3) is 3.90. The maximum Gasteiger partial charge on any atom is 0.0638 e. The summed E-state index contributed by atoms with van der Waals surface area (Å²) in [6, 6.07) is 52.5. The molecule has 0 N–H and O–H groups in total. The Kier molecular flexibility index (Phi) is 5.03. The molecule has 9 rings (SSSR count). The van der Waals surface area contributed by atoms with Gasteiger partial charge in [0.2, 0.25) is 0 Å². The van der Waals surface area contributed by atoms with E-state index in [4.69, 9.17) is 2.74 Å². The van der Waals surface area contributed by atoms with Crippen LogP contribution in [-0.2, 0) is 0 Å². The third-order valence-corrected chi connectivity index (χ3v) is 9.80. The molecule has 0 spiro atoms. The van der Waals surface area contributed by atoms with Crippen molar-refractivity contribution in [2.24, 2.45) is 0 Å². The van der Waals surface area contributed by atoms with E-state index >= 15 is 0 Å². The quantitative estimate of drug-likeness (QED) is 0.187. The summed E-state index contributed by atoms with van der Waals surface area (Å²) in [5.74, 6) is 0. The van der Waals surface area contributed by atoms with Crippen LogP contribution in [0.3, 0.4) is 0 Å². The first kappa shape index (κ1) is 22.4. The Morgan fingerprint density at radius 2 is 1.00 bits per heavy atom. The lowest BCUT2D eigenvalue weighted by molar-refractivity contribution is 1.63. The van der Waals surface area contributed by atoms with Gasteiger partial charge in [-0.1, -0.05) is 127 Å². The molecule has 0 aliphatic heterocycles. The second kappa shape index (κ2) is 9.66. The molecule has 0 aliphatic carbocycles. The molecule has 0 amide bonds. The van der Waals surface area contributed by atoms with E-state index in [2.05, 4.69) is 121 Å². The highest BCUT2D eigenvalue weighted by Gasteiger charge is 2.17. The highest BCUT2D eigenvalue weighted by Crippen LogP contribution is 2.45. The topological polar surface area (TPSA) is 0 Å². The molecule has 0 unspecified atom stereocenters. The number of hydrogen-bond donors (Lipinski definition) is 0. The largest absolute Gasteiger partial charge is 0.135 e. The van der Waals surface area contributed by atoms with Crippen molar-refractivity contribution in [3.05, 3.63) is 158 Å². The molecule has 0 saturated carbocycles. The van der Waals surface area contributed by atoms with Gasteiger partial charge >= 0.3 is 0 Å². The normalized spacial score (nSPS) is 12.4. The van der Waals surface area contributed by atoms with Gasteiger partial charge < -0.3 is 0 Å². The second-order valence-electron chi connectivity index (χ2n) is 11.1. The van der Waals surface area contributed by atoms with Gasteiger partial charge in [-0.3, -0.25) is 0 Å². The first-order valence-electron chi connectivity index (χ1n) is 15.6. The van der Waals surface area contributed by atoms with Crippen molar-refractivity contribution in [3.63, 3.8) is 0 Å². The van der Waals surface area contributed by atoms with Gasteiger partial charge in [-0.2, -0.15) is 0 Å². The predicted molar refractivity (Wildman–Crippen MR) is 188 cm³/mol. The number of fused-ring (bicyclic) bond motifs is 6. The summed E-state index contributed by atoms with van der Waals surface area (Å²) in [6.07, 6.45) is 0. The van der Waals surface area contributed by atoms with Gasteiger partial charge in [0.1, 0.15) is 0 Å². The highest BCUT2D eigenvalue weighted by atomic mass is 32.1. The van der Waals surface area contributed by atoms with E-state index in [0.29, 0.717) is 12.1 Å². The maximum absolute atomic E-state index is 8.89. The third-order valence-electron chi connectivity index (χ3n) is 8.68. The van der Waals surface area contributed by atoms with Crippen molar-refractivity contribution in [3.8, 4) is 33.4 Å². The molecule has 0 radical (unpaired) electrons. The summed E-state index contributed by atoms with van der Waals surface area (Å²) in [7, 11) is 0. The number of rotatable bonds is 3. The van der Waals surface area contributed by atoms with Gasteiger partial charge in [-0.15, -0.1) is 11.3 Å². The van der Waals surface area contributed by atoms with Crippen LogP contribution in [0.2, 0.25) is 0 Å². The summed E-state index contributed by atoms with van der Waals surface area (Å²) in [5.41, 5.74) is 6.96. The van der Waals surface area contributed by atoms with Gasteiger partial charge in [0.05, 0.1) is 2.74 Å². The zero-order valence-electron chi connectivity index (χ0n) is 25.3. The highest BCUT2D eigenvalue weighted by molar-refractivity contribution is 7.25. The Labute approximate surface area is 256 Å². The van der Waals surface area contributed by atoms with E-state index in [1.807, 2.05) is 24.3 Å². The molecule has 1 heterocycles. The Morgan fingerprint density at radius 3 is 1.74 bits per heavy atom. The number of hydrogen-bond acceptors (Lipinski definition) is 1. The van der Waals surface area contributed by atoms with Crippen molar-refractivity contribution in [2.75, 3.05) is 0 Å². The van der Waals surface area contributed by atoms with Crippen LogP contribution in [-0.4, -0.2) is 0 Å². The van der Waals surface area contributed by atoms with Gasteiger partial charge in [-0.05, 0) is 96.0 Å². The van der Waals surface area contributed by atoms with E-state index in [0.717, 1.165) is 37.5 Å². The van der Waals surface area contributed by atoms with Gasteiger partial charge in [0.15, 0.2) is 0 Å². The first-order chi connectivity index (χ1) is 22.1. The van der Waals surface area contributed by atoms with Crippen molar-refractivity contribution in [2.45, 2.75) is 0 Å². The van der Waals surface area contributed by atoms with Crippen molar-refractivity contribution in [1.29, 1.82) is 0 Å². The Morgan fingerprint density at radius 1 is 0.372 bits per heavy atom. The zero-order valence-corrected chi connectivity index (χ0v) is 24.1. The number of benzene rings is 8. The van der Waals surface area contributed by atoms with E-state index in [1.165, 1.54) is 48.3 Å². The average molecular weight is 565 g/mol. The van der Waals surface area contributed by atoms with Gasteiger partial charge in [0, 0.05) is 20.2 Å². The molecule has 1 heteroatoms. The second-order valence-corrected chi connectivity index (χ2v) is 12.2. The lowest BCUT2D eigenvalue weighted by atomic mass is 9.85. The fourth-order valence-electron chi connectivity index (χ4n) is 6.71. The van der Waals surface area contributed by atoms with Crippen LogP contribution in [0.25, 0.3) is 85.9 Å². The minimum atomic E-state index is 0.528. The molecule has 43 heavy (non-hydrogen) atoms. The van der Waals surface area contributed by atoms with Crippen molar-refractivity contribution < 1.29 is 2.74 Å². The fraction of sp³-hybridized carbons (Fsp3) is 0. The average Bonchev–Trinajstić information content (AvgIpc) is 3.46. The molecule has 0 aliphatic rings. The Bertz CT molecular complexity index is 2570.